The average molecular weight is 225 g/mol. The van der Waals surface area contributed by atoms with Crippen molar-refractivity contribution < 1.29 is 0 Å². The fourth-order valence-electron chi connectivity index (χ4n) is 3.02. The molecule has 0 amide bonds. The summed E-state index contributed by atoms with van der Waals surface area (Å²) in [6.07, 6.45) is 3.89. The molecule has 0 aromatic rings. The standard InChI is InChI=1S/C13H27N3/c1-3-5-12(4-2)14-10-13-11-15-6-8-16(13)9-7-15/h12-14H,3-11H2,1-2H3. The van der Waals surface area contributed by atoms with E-state index in [2.05, 4.69) is 29.0 Å². The summed E-state index contributed by atoms with van der Waals surface area (Å²) in [5.74, 6) is 0. The first kappa shape index (κ1) is 12.3. The molecule has 0 saturated carbocycles. The highest BCUT2D eigenvalue weighted by Crippen LogP contribution is 2.15. The van der Waals surface area contributed by atoms with Crippen molar-refractivity contribution in [3.05, 3.63) is 0 Å². The molecule has 0 radical (unpaired) electrons. The number of fused-ring (bicyclic) bond motifs is 3. The third-order valence-electron chi connectivity index (χ3n) is 4.16. The van der Waals surface area contributed by atoms with Crippen molar-refractivity contribution in [1.29, 1.82) is 0 Å². The van der Waals surface area contributed by atoms with Gasteiger partial charge in [0.15, 0.2) is 0 Å². The SMILES string of the molecule is CCCC(CC)NCC1CN2CCN1CC2. The zero-order valence-electron chi connectivity index (χ0n) is 10.9. The second kappa shape index (κ2) is 5.99. The Morgan fingerprint density at radius 3 is 2.44 bits per heavy atom. The molecule has 0 aromatic carbocycles. The Kier molecular flexibility index (Phi) is 4.62. The van der Waals surface area contributed by atoms with Gasteiger partial charge in [0, 0.05) is 51.4 Å². The quantitative estimate of drug-likeness (QED) is 0.732. The number of nitrogens with one attached hydrogen (secondary N) is 1. The van der Waals surface area contributed by atoms with Gasteiger partial charge in [0.25, 0.3) is 0 Å². The average Bonchev–Trinajstić information content (AvgIpc) is 2.36. The predicted molar refractivity (Wildman–Crippen MR) is 68.8 cm³/mol. The number of nitrogens with zero attached hydrogens (tertiary/aromatic N) is 2. The first-order chi connectivity index (χ1) is 7.83. The Morgan fingerprint density at radius 2 is 1.94 bits per heavy atom. The van der Waals surface area contributed by atoms with E-state index in [-0.39, 0.29) is 0 Å². The molecule has 2 unspecified atom stereocenters. The normalized spacial score (nSPS) is 35.2. The van der Waals surface area contributed by atoms with Crippen molar-refractivity contribution in [2.24, 2.45) is 0 Å². The zero-order chi connectivity index (χ0) is 11.4. The van der Waals surface area contributed by atoms with Crippen molar-refractivity contribution in [3.63, 3.8) is 0 Å². The van der Waals surface area contributed by atoms with E-state index in [9.17, 15) is 0 Å². The Labute approximate surface area is 100 Å². The molecule has 3 rings (SSSR count). The van der Waals surface area contributed by atoms with Gasteiger partial charge in [-0.2, -0.15) is 0 Å². The molecule has 3 heteroatoms. The lowest BCUT2D eigenvalue weighted by Crippen LogP contribution is -2.63. The van der Waals surface area contributed by atoms with Crippen LogP contribution < -0.4 is 5.32 Å². The summed E-state index contributed by atoms with van der Waals surface area (Å²) in [5.41, 5.74) is 0. The third kappa shape index (κ3) is 2.96. The molecule has 3 aliphatic heterocycles. The first-order valence-electron chi connectivity index (χ1n) is 7.03. The van der Waals surface area contributed by atoms with E-state index in [4.69, 9.17) is 0 Å². The number of piperazine rings is 3. The van der Waals surface area contributed by atoms with Gasteiger partial charge < -0.3 is 5.32 Å². The van der Waals surface area contributed by atoms with E-state index < -0.39 is 0 Å². The van der Waals surface area contributed by atoms with Crippen molar-refractivity contribution in [1.82, 2.24) is 15.1 Å². The molecule has 16 heavy (non-hydrogen) atoms. The van der Waals surface area contributed by atoms with Crippen LogP contribution in [-0.4, -0.2) is 61.2 Å². The minimum absolute atomic E-state index is 0.738. The number of rotatable bonds is 6. The molecule has 0 aliphatic carbocycles. The van der Waals surface area contributed by atoms with Crippen LogP contribution in [0.15, 0.2) is 0 Å². The highest BCUT2D eigenvalue weighted by atomic mass is 15.3. The Bertz CT molecular complexity index is 199. The highest BCUT2D eigenvalue weighted by Gasteiger charge is 2.31. The Balaban J connectivity index is 1.73. The molecule has 2 bridgehead atoms. The van der Waals surface area contributed by atoms with Gasteiger partial charge >= 0.3 is 0 Å². The number of hydrogen-bond acceptors (Lipinski definition) is 3. The fourth-order valence-corrected chi connectivity index (χ4v) is 3.02. The zero-order valence-corrected chi connectivity index (χ0v) is 10.9. The molecule has 3 heterocycles. The van der Waals surface area contributed by atoms with Crippen molar-refractivity contribution in [3.8, 4) is 0 Å². The largest absolute Gasteiger partial charge is 0.312 e. The summed E-state index contributed by atoms with van der Waals surface area (Å²) in [7, 11) is 0. The molecule has 3 aliphatic rings. The van der Waals surface area contributed by atoms with Crippen LogP contribution in [0.4, 0.5) is 0 Å². The summed E-state index contributed by atoms with van der Waals surface area (Å²) >= 11 is 0. The van der Waals surface area contributed by atoms with Gasteiger partial charge in [0.05, 0.1) is 0 Å². The second-order valence-corrected chi connectivity index (χ2v) is 5.29. The first-order valence-corrected chi connectivity index (χ1v) is 7.03. The van der Waals surface area contributed by atoms with Gasteiger partial charge in [-0.05, 0) is 12.8 Å². The van der Waals surface area contributed by atoms with Gasteiger partial charge in [-0.25, -0.2) is 0 Å². The Hall–Kier alpha value is -0.120. The monoisotopic (exact) mass is 225 g/mol. The van der Waals surface area contributed by atoms with E-state index in [1.807, 2.05) is 0 Å². The molecular weight excluding hydrogens is 198 g/mol. The van der Waals surface area contributed by atoms with E-state index in [0.29, 0.717) is 0 Å². The van der Waals surface area contributed by atoms with Gasteiger partial charge in [0.2, 0.25) is 0 Å². The Morgan fingerprint density at radius 1 is 1.19 bits per heavy atom. The maximum absolute atomic E-state index is 3.76. The van der Waals surface area contributed by atoms with Gasteiger partial charge in [-0.15, -0.1) is 0 Å². The minimum Gasteiger partial charge on any atom is -0.312 e. The van der Waals surface area contributed by atoms with E-state index in [1.54, 1.807) is 0 Å². The molecule has 0 aromatic heterocycles. The lowest BCUT2D eigenvalue weighted by molar-refractivity contribution is 0.0125. The maximum Gasteiger partial charge on any atom is 0.0349 e. The molecule has 1 N–H and O–H groups in total. The molecule has 0 spiro atoms. The van der Waals surface area contributed by atoms with E-state index >= 15 is 0 Å². The van der Waals surface area contributed by atoms with Crippen molar-refractivity contribution in [2.45, 2.75) is 45.2 Å². The second-order valence-electron chi connectivity index (χ2n) is 5.29. The molecular formula is C13H27N3. The highest BCUT2D eigenvalue weighted by molar-refractivity contribution is 4.89. The van der Waals surface area contributed by atoms with Crippen molar-refractivity contribution in [2.75, 3.05) is 39.3 Å². The smallest absolute Gasteiger partial charge is 0.0349 e. The minimum atomic E-state index is 0.738. The van der Waals surface area contributed by atoms with Gasteiger partial charge in [-0.3, -0.25) is 9.80 Å². The lowest BCUT2D eigenvalue weighted by Gasteiger charge is -2.47. The molecule has 3 saturated heterocycles. The summed E-state index contributed by atoms with van der Waals surface area (Å²) in [6.45, 7) is 12.2. The third-order valence-corrected chi connectivity index (χ3v) is 4.16. The number of hydrogen-bond donors (Lipinski definition) is 1. The summed E-state index contributed by atoms with van der Waals surface area (Å²) in [5, 5.41) is 3.76. The van der Waals surface area contributed by atoms with Crippen LogP contribution >= 0.6 is 0 Å². The van der Waals surface area contributed by atoms with Gasteiger partial charge in [-0.1, -0.05) is 20.3 Å². The van der Waals surface area contributed by atoms with Crippen LogP contribution in [0.1, 0.15) is 33.1 Å². The lowest BCUT2D eigenvalue weighted by atomic mass is 10.1. The fraction of sp³-hybridized carbons (Fsp3) is 1.00. The van der Waals surface area contributed by atoms with Gasteiger partial charge in [0.1, 0.15) is 0 Å². The van der Waals surface area contributed by atoms with Crippen LogP contribution in [0, 0.1) is 0 Å². The van der Waals surface area contributed by atoms with Crippen LogP contribution in [0.3, 0.4) is 0 Å². The van der Waals surface area contributed by atoms with Crippen LogP contribution in [0.2, 0.25) is 0 Å². The van der Waals surface area contributed by atoms with Crippen LogP contribution in [-0.2, 0) is 0 Å². The molecule has 3 fully saturated rings. The summed E-state index contributed by atoms with van der Waals surface area (Å²) in [6, 6.07) is 1.51. The molecule has 3 nitrogen and oxygen atoms in total. The van der Waals surface area contributed by atoms with Crippen LogP contribution in [0.25, 0.3) is 0 Å². The summed E-state index contributed by atoms with van der Waals surface area (Å²) in [4.78, 5) is 5.29. The summed E-state index contributed by atoms with van der Waals surface area (Å²) < 4.78 is 0. The van der Waals surface area contributed by atoms with Crippen LogP contribution in [0.5, 0.6) is 0 Å². The van der Waals surface area contributed by atoms with E-state index in [0.717, 1.165) is 12.1 Å². The molecule has 2 atom stereocenters. The van der Waals surface area contributed by atoms with E-state index in [1.165, 1.54) is 58.5 Å². The van der Waals surface area contributed by atoms with Crippen molar-refractivity contribution >= 4 is 0 Å². The predicted octanol–water partition coefficient (Wildman–Crippen LogP) is 1.15. The topological polar surface area (TPSA) is 18.5 Å². The maximum atomic E-state index is 3.76. The molecule has 94 valence electrons.